The third-order valence-electron chi connectivity index (χ3n) is 2.48. The fourth-order valence-electron chi connectivity index (χ4n) is 1.58. The minimum atomic E-state index is -0.323. The molecule has 2 rings (SSSR count). The average molecular weight is 342 g/mol. The molecule has 7 nitrogen and oxygen atoms in total. The molecule has 0 radical (unpaired) electrons. The lowest BCUT2D eigenvalue weighted by molar-refractivity contribution is 0.145. The molecule has 0 aromatic carbocycles. The molecule has 0 bridgehead atoms. The van der Waals surface area contributed by atoms with Crippen LogP contribution in [0.1, 0.15) is 13.3 Å². The molecule has 0 atom stereocenters. The van der Waals surface area contributed by atoms with Gasteiger partial charge in [-0.25, -0.2) is 9.31 Å². The van der Waals surface area contributed by atoms with E-state index in [-0.39, 0.29) is 12.0 Å². The van der Waals surface area contributed by atoms with Crippen LogP contribution in [0, 0.1) is 0 Å². The second-order valence-electron chi connectivity index (χ2n) is 4.02. The number of carbonyl (C=O) groups is 1. The van der Waals surface area contributed by atoms with Crippen LogP contribution in [0.2, 0.25) is 0 Å². The van der Waals surface area contributed by atoms with Gasteiger partial charge in [-0.05, 0) is 41.4 Å². The summed E-state index contributed by atoms with van der Waals surface area (Å²) in [6.07, 6.45) is 2.54. The molecule has 0 unspecified atom stereocenters. The summed E-state index contributed by atoms with van der Waals surface area (Å²) >= 11 is 3.35. The Balaban J connectivity index is 1.83. The maximum Gasteiger partial charge on any atom is 0.321 e. The van der Waals surface area contributed by atoms with Crippen molar-refractivity contribution in [1.82, 2.24) is 19.9 Å². The van der Waals surface area contributed by atoms with Gasteiger partial charge in [-0.1, -0.05) is 0 Å². The average Bonchev–Trinajstić information content (AvgIpc) is 2.79. The molecule has 2 amide bonds. The van der Waals surface area contributed by atoms with E-state index in [9.17, 15) is 4.79 Å². The van der Waals surface area contributed by atoms with Crippen molar-refractivity contribution in [2.45, 2.75) is 13.3 Å². The number of anilines is 1. The molecule has 2 aromatic heterocycles. The van der Waals surface area contributed by atoms with Gasteiger partial charge in [0, 0.05) is 30.4 Å². The third kappa shape index (κ3) is 4.17. The van der Waals surface area contributed by atoms with Gasteiger partial charge in [0.2, 0.25) is 0 Å². The number of nitrogens with one attached hydrogen (secondary N) is 2. The smallest absolute Gasteiger partial charge is 0.321 e. The Hall–Kier alpha value is -1.67. The zero-order chi connectivity index (χ0) is 14.4. The molecule has 2 aromatic rings. The quantitative estimate of drug-likeness (QED) is 0.788. The molecule has 0 aliphatic heterocycles. The van der Waals surface area contributed by atoms with Crippen molar-refractivity contribution in [2.75, 3.05) is 25.1 Å². The normalized spacial score (nSPS) is 10.7. The molecule has 0 saturated heterocycles. The third-order valence-corrected chi connectivity index (χ3v) is 2.94. The fraction of sp³-hybridized carbons (Fsp3) is 0.417. The van der Waals surface area contributed by atoms with Crippen LogP contribution in [0.4, 0.5) is 10.7 Å². The molecular formula is C12H16BrN5O2. The number of fused-ring (bicyclic) bond motifs is 1. The number of hydrogen-bond donors (Lipinski definition) is 2. The van der Waals surface area contributed by atoms with E-state index < -0.39 is 0 Å². The Kier molecular flexibility index (Phi) is 5.31. The van der Waals surface area contributed by atoms with Crippen LogP contribution in [0.15, 0.2) is 22.8 Å². The number of nitrogens with zero attached hydrogens (tertiary/aromatic N) is 3. The monoisotopic (exact) mass is 341 g/mol. The van der Waals surface area contributed by atoms with E-state index in [4.69, 9.17) is 4.74 Å². The Morgan fingerprint density at radius 3 is 3.15 bits per heavy atom. The molecular weight excluding hydrogens is 326 g/mol. The zero-order valence-corrected chi connectivity index (χ0v) is 12.7. The predicted molar refractivity (Wildman–Crippen MR) is 78.8 cm³/mol. The van der Waals surface area contributed by atoms with Crippen LogP contribution in [-0.2, 0) is 4.74 Å². The highest BCUT2D eigenvalue weighted by atomic mass is 79.9. The Morgan fingerprint density at radius 2 is 2.35 bits per heavy atom. The molecule has 8 heteroatoms. The van der Waals surface area contributed by atoms with E-state index in [1.807, 2.05) is 19.1 Å². The number of halogens is 1. The van der Waals surface area contributed by atoms with E-state index in [1.54, 1.807) is 10.7 Å². The van der Waals surface area contributed by atoms with E-state index in [2.05, 4.69) is 36.6 Å². The van der Waals surface area contributed by atoms with Crippen LogP contribution in [0.25, 0.3) is 5.65 Å². The molecule has 0 spiro atoms. The van der Waals surface area contributed by atoms with Crippen molar-refractivity contribution in [3.05, 3.63) is 22.8 Å². The highest BCUT2D eigenvalue weighted by Gasteiger charge is 2.07. The van der Waals surface area contributed by atoms with Crippen LogP contribution < -0.4 is 10.6 Å². The van der Waals surface area contributed by atoms with Crippen LogP contribution in [0.3, 0.4) is 0 Å². The van der Waals surface area contributed by atoms with Gasteiger partial charge in [0.1, 0.15) is 0 Å². The first-order valence-electron chi connectivity index (χ1n) is 6.33. The van der Waals surface area contributed by atoms with E-state index >= 15 is 0 Å². The van der Waals surface area contributed by atoms with Crippen molar-refractivity contribution in [1.29, 1.82) is 0 Å². The summed E-state index contributed by atoms with van der Waals surface area (Å²) in [6, 6.07) is 3.35. The van der Waals surface area contributed by atoms with Crippen LogP contribution in [0.5, 0.6) is 0 Å². The SMILES string of the molecule is CCOCCCNC(=O)Nc1nc2ccc(Br)cn2n1. The number of aromatic nitrogens is 3. The number of hydrogen-bond acceptors (Lipinski definition) is 4. The van der Waals surface area contributed by atoms with Crippen LogP contribution in [-0.4, -0.2) is 40.4 Å². The highest BCUT2D eigenvalue weighted by molar-refractivity contribution is 9.10. The molecule has 2 N–H and O–H groups in total. The standard InChI is InChI=1S/C12H16BrN5O2/c1-2-20-7-3-6-14-12(19)16-11-15-10-5-4-9(13)8-18(10)17-11/h4-5,8H,2-3,6-7H2,1H3,(H2,14,16,17,19). The maximum atomic E-state index is 11.6. The van der Waals surface area contributed by atoms with Gasteiger partial charge in [0.05, 0.1) is 0 Å². The van der Waals surface area contributed by atoms with Crippen molar-refractivity contribution in [3.8, 4) is 0 Å². The number of ether oxygens (including phenoxy) is 1. The van der Waals surface area contributed by atoms with Crippen molar-refractivity contribution >= 4 is 33.6 Å². The first kappa shape index (κ1) is 14.7. The second kappa shape index (κ2) is 7.20. The lowest BCUT2D eigenvalue weighted by atomic mass is 10.4. The summed E-state index contributed by atoms with van der Waals surface area (Å²) < 4.78 is 7.66. The number of carbonyl (C=O) groups excluding carboxylic acids is 1. The lowest BCUT2D eigenvalue weighted by Gasteiger charge is -2.04. The number of amides is 2. The number of rotatable bonds is 6. The van der Waals surface area contributed by atoms with Crippen LogP contribution >= 0.6 is 15.9 Å². The summed E-state index contributed by atoms with van der Waals surface area (Å²) in [6.45, 7) is 3.81. The zero-order valence-electron chi connectivity index (χ0n) is 11.1. The summed E-state index contributed by atoms with van der Waals surface area (Å²) in [5.41, 5.74) is 0.667. The molecule has 2 heterocycles. The summed E-state index contributed by atoms with van der Waals surface area (Å²) in [7, 11) is 0. The van der Waals surface area contributed by atoms with E-state index in [0.29, 0.717) is 25.4 Å². The van der Waals surface area contributed by atoms with E-state index in [0.717, 1.165) is 10.9 Å². The highest BCUT2D eigenvalue weighted by Crippen LogP contribution is 2.11. The van der Waals surface area contributed by atoms with Gasteiger partial charge in [0.25, 0.3) is 5.95 Å². The topological polar surface area (TPSA) is 80.5 Å². The summed E-state index contributed by atoms with van der Waals surface area (Å²) in [4.78, 5) is 15.8. The largest absolute Gasteiger partial charge is 0.382 e. The van der Waals surface area contributed by atoms with Crippen molar-refractivity contribution in [2.24, 2.45) is 0 Å². The minimum absolute atomic E-state index is 0.269. The number of urea groups is 1. The van der Waals surface area contributed by atoms with Gasteiger partial charge in [-0.2, -0.15) is 4.98 Å². The first-order valence-corrected chi connectivity index (χ1v) is 7.13. The molecule has 20 heavy (non-hydrogen) atoms. The van der Waals surface area contributed by atoms with Crippen molar-refractivity contribution < 1.29 is 9.53 Å². The van der Waals surface area contributed by atoms with Gasteiger partial charge < -0.3 is 10.1 Å². The molecule has 0 saturated carbocycles. The molecule has 0 aliphatic carbocycles. The Labute approximate surface area is 124 Å². The first-order chi connectivity index (χ1) is 9.69. The predicted octanol–water partition coefficient (Wildman–Crippen LogP) is 2.04. The fourth-order valence-corrected chi connectivity index (χ4v) is 1.90. The van der Waals surface area contributed by atoms with Gasteiger partial charge in [-0.15, -0.1) is 5.10 Å². The number of pyridine rings is 1. The van der Waals surface area contributed by atoms with E-state index in [1.165, 1.54) is 0 Å². The maximum absolute atomic E-state index is 11.6. The molecule has 0 aliphatic rings. The van der Waals surface area contributed by atoms with Gasteiger partial charge in [0.15, 0.2) is 5.65 Å². The second-order valence-corrected chi connectivity index (χ2v) is 4.93. The van der Waals surface area contributed by atoms with Crippen molar-refractivity contribution in [3.63, 3.8) is 0 Å². The van der Waals surface area contributed by atoms with Gasteiger partial charge >= 0.3 is 6.03 Å². The minimum Gasteiger partial charge on any atom is -0.382 e. The molecule has 108 valence electrons. The van der Waals surface area contributed by atoms with Gasteiger partial charge in [-0.3, -0.25) is 5.32 Å². The lowest BCUT2D eigenvalue weighted by Crippen LogP contribution is -2.30. The summed E-state index contributed by atoms with van der Waals surface area (Å²) in [5, 5.41) is 9.46. The summed E-state index contributed by atoms with van der Waals surface area (Å²) in [5.74, 6) is 0.269. The Bertz CT molecular complexity index is 586. The Morgan fingerprint density at radius 1 is 1.50 bits per heavy atom. The molecule has 0 fully saturated rings.